The SMILES string of the molecule is CCCCN(CCc1nc(-c2ccc(F)cc2)no1)C(=O)CC(C)C. The van der Waals surface area contributed by atoms with Crippen molar-refractivity contribution in [2.75, 3.05) is 13.1 Å². The van der Waals surface area contributed by atoms with Crippen molar-refractivity contribution in [2.24, 2.45) is 5.92 Å². The molecule has 1 aromatic heterocycles. The summed E-state index contributed by atoms with van der Waals surface area (Å²) in [5, 5.41) is 3.94. The Morgan fingerprint density at radius 2 is 1.96 bits per heavy atom. The van der Waals surface area contributed by atoms with Gasteiger partial charge in [0.2, 0.25) is 17.6 Å². The van der Waals surface area contributed by atoms with Crippen LogP contribution < -0.4 is 0 Å². The lowest BCUT2D eigenvalue weighted by atomic mass is 10.1. The molecule has 5 nitrogen and oxygen atoms in total. The third-order valence-electron chi connectivity index (χ3n) is 3.88. The van der Waals surface area contributed by atoms with Gasteiger partial charge in [0.1, 0.15) is 5.82 Å². The van der Waals surface area contributed by atoms with Crippen molar-refractivity contribution in [3.63, 3.8) is 0 Å². The molecule has 2 rings (SSSR count). The van der Waals surface area contributed by atoms with E-state index in [1.165, 1.54) is 12.1 Å². The van der Waals surface area contributed by atoms with Gasteiger partial charge in [0.15, 0.2) is 0 Å². The number of benzene rings is 1. The minimum atomic E-state index is -0.303. The number of carbonyl (C=O) groups is 1. The molecule has 1 aromatic carbocycles. The van der Waals surface area contributed by atoms with Gasteiger partial charge in [-0.2, -0.15) is 4.98 Å². The smallest absolute Gasteiger partial charge is 0.228 e. The predicted molar refractivity (Wildman–Crippen MR) is 94.3 cm³/mol. The lowest BCUT2D eigenvalue weighted by molar-refractivity contribution is -0.132. The van der Waals surface area contributed by atoms with Crippen molar-refractivity contribution in [1.29, 1.82) is 0 Å². The van der Waals surface area contributed by atoms with Crippen LogP contribution in [-0.4, -0.2) is 34.0 Å². The number of nitrogens with zero attached hydrogens (tertiary/aromatic N) is 3. The molecule has 0 saturated carbocycles. The molecule has 0 unspecified atom stereocenters. The van der Waals surface area contributed by atoms with E-state index in [4.69, 9.17) is 4.52 Å². The summed E-state index contributed by atoms with van der Waals surface area (Å²) in [7, 11) is 0. The van der Waals surface area contributed by atoms with E-state index in [9.17, 15) is 9.18 Å². The maximum absolute atomic E-state index is 13.0. The fourth-order valence-corrected chi connectivity index (χ4v) is 2.49. The molecule has 1 amide bonds. The van der Waals surface area contributed by atoms with Crippen LogP contribution in [0.4, 0.5) is 4.39 Å². The molecule has 6 heteroatoms. The van der Waals surface area contributed by atoms with Crippen LogP contribution in [0.1, 0.15) is 45.9 Å². The third-order valence-corrected chi connectivity index (χ3v) is 3.88. The number of aromatic nitrogens is 2. The number of unbranched alkanes of at least 4 members (excludes halogenated alkanes) is 1. The van der Waals surface area contributed by atoms with Gasteiger partial charge in [-0.3, -0.25) is 4.79 Å². The Hall–Kier alpha value is -2.24. The molecule has 1 heterocycles. The monoisotopic (exact) mass is 347 g/mol. The van der Waals surface area contributed by atoms with Gasteiger partial charge in [-0.05, 0) is 36.6 Å². The van der Waals surface area contributed by atoms with Crippen molar-refractivity contribution < 1.29 is 13.7 Å². The maximum atomic E-state index is 13.0. The van der Waals surface area contributed by atoms with Crippen LogP contribution in [0.25, 0.3) is 11.4 Å². The molecule has 136 valence electrons. The Morgan fingerprint density at radius 1 is 1.24 bits per heavy atom. The van der Waals surface area contributed by atoms with Gasteiger partial charge in [-0.1, -0.05) is 32.3 Å². The summed E-state index contributed by atoms with van der Waals surface area (Å²) >= 11 is 0. The van der Waals surface area contributed by atoms with Crippen molar-refractivity contribution >= 4 is 5.91 Å². The van der Waals surface area contributed by atoms with Crippen LogP contribution in [0.2, 0.25) is 0 Å². The Labute approximate surface area is 148 Å². The first-order chi connectivity index (χ1) is 12.0. The van der Waals surface area contributed by atoms with Crippen molar-refractivity contribution in [3.8, 4) is 11.4 Å². The van der Waals surface area contributed by atoms with Gasteiger partial charge >= 0.3 is 0 Å². The topological polar surface area (TPSA) is 59.2 Å². The van der Waals surface area contributed by atoms with E-state index in [0.29, 0.717) is 42.6 Å². The highest BCUT2D eigenvalue weighted by Crippen LogP contribution is 2.16. The van der Waals surface area contributed by atoms with Crippen LogP contribution in [-0.2, 0) is 11.2 Å². The maximum Gasteiger partial charge on any atom is 0.228 e. The fraction of sp³-hybridized carbons (Fsp3) is 0.526. The lowest BCUT2D eigenvalue weighted by Crippen LogP contribution is -2.34. The Balaban J connectivity index is 1.97. The zero-order valence-corrected chi connectivity index (χ0v) is 15.2. The van der Waals surface area contributed by atoms with E-state index in [0.717, 1.165) is 19.4 Å². The largest absolute Gasteiger partial charge is 0.342 e. The quantitative estimate of drug-likeness (QED) is 0.685. The number of hydrogen-bond donors (Lipinski definition) is 0. The predicted octanol–water partition coefficient (Wildman–Crippen LogP) is 4.09. The minimum absolute atomic E-state index is 0.168. The molecule has 0 fully saturated rings. The number of hydrogen-bond acceptors (Lipinski definition) is 4. The van der Waals surface area contributed by atoms with E-state index in [2.05, 4.69) is 17.1 Å². The number of amides is 1. The number of halogens is 1. The fourth-order valence-electron chi connectivity index (χ4n) is 2.49. The van der Waals surface area contributed by atoms with Crippen LogP contribution >= 0.6 is 0 Å². The molecule has 2 aromatic rings. The molecule has 25 heavy (non-hydrogen) atoms. The van der Waals surface area contributed by atoms with Gasteiger partial charge in [-0.25, -0.2) is 4.39 Å². The van der Waals surface area contributed by atoms with Gasteiger partial charge in [0.05, 0.1) is 0 Å². The Bertz CT molecular complexity index is 668. The van der Waals surface area contributed by atoms with Gasteiger partial charge in [-0.15, -0.1) is 0 Å². The zero-order valence-electron chi connectivity index (χ0n) is 15.2. The molecule has 0 aliphatic heterocycles. The van der Waals surface area contributed by atoms with E-state index in [1.807, 2.05) is 18.7 Å². The average molecular weight is 347 g/mol. The van der Waals surface area contributed by atoms with E-state index < -0.39 is 0 Å². The van der Waals surface area contributed by atoms with E-state index in [1.54, 1.807) is 12.1 Å². The summed E-state index contributed by atoms with van der Waals surface area (Å²) in [5.74, 6) is 1.12. The highest BCUT2D eigenvalue weighted by atomic mass is 19.1. The molecular weight excluding hydrogens is 321 g/mol. The second kappa shape index (κ2) is 9.30. The summed E-state index contributed by atoms with van der Waals surface area (Å²) in [4.78, 5) is 18.6. The summed E-state index contributed by atoms with van der Waals surface area (Å²) in [6, 6.07) is 5.96. The Kier molecular flexibility index (Phi) is 7.10. The minimum Gasteiger partial charge on any atom is -0.342 e. The van der Waals surface area contributed by atoms with Crippen LogP contribution in [0.5, 0.6) is 0 Å². The lowest BCUT2D eigenvalue weighted by Gasteiger charge is -2.22. The number of rotatable bonds is 9. The van der Waals surface area contributed by atoms with Crippen LogP contribution in [0.15, 0.2) is 28.8 Å². The molecule has 0 radical (unpaired) electrons. The van der Waals surface area contributed by atoms with Gasteiger partial charge < -0.3 is 9.42 Å². The van der Waals surface area contributed by atoms with Crippen molar-refractivity contribution in [3.05, 3.63) is 36.0 Å². The average Bonchev–Trinajstić information content (AvgIpc) is 3.03. The summed E-state index contributed by atoms with van der Waals surface area (Å²) in [6.07, 6.45) is 3.09. The molecule has 0 bridgehead atoms. The molecule has 0 atom stereocenters. The summed E-state index contributed by atoms with van der Waals surface area (Å²) in [5.41, 5.74) is 0.704. The molecular formula is C19H26FN3O2. The number of carbonyl (C=O) groups excluding carboxylic acids is 1. The Morgan fingerprint density at radius 3 is 2.60 bits per heavy atom. The highest BCUT2D eigenvalue weighted by Gasteiger charge is 2.16. The molecule has 0 saturated heterocycles. The van der Waals surface area contributed by atoms with Crippen molar-refractivity contribution in [1.82, 2.24) is 15.0 Å². The molecule has 0 N–H and O–H groups in total. The molecule has 0 spiro atoms. The first kappa shape index (κ1) is 19.1. The van der Waals surface area contributed by atoms with Crippen molar-refractivity contribution in [2.45, 2.75) is 46.5 Å². The molecule has 0 aliphatic carbocycles. The van der Waals surface area contributed by atoms with E-state index >= 15 is 0 Å². The second-order valence-electron chi connectivity index (χ2n) is 6.60. The summed E-state index contributed by atoms with van der Waals surface area (Å²) in [6.45, 7) is 7.52. The zero-order chi connectivity index (χ0) is 18.2. The first-order valence-electron chi connectivity index (χ1n) is 8.86. The van der Waals surface area contributed by atoms with E-state index in [-0.39, 0.29) is 11.7 Å². The summed E-state index contributed by atoms with van der Waals surface area (Å²) < 4.78 is 18.3. The third kappa shape index (κ3) is 5.96. The first-order valence-corrected chi connectivity index (χ1v) is 8.86. The van der Waals surface area contributed by atoms with Gasteiger partial charge in [0.25, 0.3) is 0 Å². The normalized spacial score (nSPS) is 11.1. The second-order valence-corrected chi connectivity index (χ2v) is 6.60. The standard InChI is InChI=1S/C19H26FN3O2/c1-4-5-11-23(18(24)13-14(2)3)12-10-17-21-19(22-25-17)15-6-8-16(20)9-7-15/h6-9,14H,4-5,10-13H2,1-3H3. The molecule has 0 aliphatic rings. The van der Waals surface area contributed by atoms with Crippen LogP contribution in [0.3, 0.4) is 0 Å². The van der Waals surface area contributed by atoms with Crippen LogP contribution in [0, 0.1) is 11.7 Å². The van der Waals surface area contributed by atoms with Gasteiger partial charge in [0, 0.05) is 31.5 Å². The highest BCUT2D eigenvalue weighted by molar-refractivity contribution is 5.76.